The molecule has 6 heteroatoms. The van der Waals surface area contributed by atoms with Crippen LogP contribution >= 0.6 is 0 Å². The van der Waals surface area contributed by atoms with E-state index in [9.17, 15) is 4.79 Å². The van der Waals surface area contributed by atoms with Gasteiger partial charge in [-0.1, -0.05) is 6.07 Å². The maximum absolute atomic E-state index is 11.0. The Labute approximate surface area is 116 Å². The number of hydrogen-bond acceptors (Lipinski definition) is 6. The molecular formula is C14H12N2O4. The molecule has 0 saturated carbocycles. The summed E-state index contributed by atoms with van der Waals surface area (Å²) in [6, 6.07) is 8.36. The largest absolute Gasteiger partial charge is 0.493 e. The van der Waals surface area contributed by atoms with Gasteiger partial charge >= 0.3 is 5.97 Å². The van der Waals surface area contributed by atoms with Crippen LogP contribution in [0.15, 0.2) is 23.8 Å². The predicted octanol–water partition coefficient (Wildman–Crippen LogP) is 1.68. The first-order valence-electron chi connectivity index (χ1n) is 5.54. The zero-order chi connectivity index (χ0) is 15.0. The van der Waals surface area contributed by atoms with Gasteiger partial charge in [-0.2, -0.15) is 10.5 Å². The number of ether oxygens (including phenoxy) is 3. The Morgan fingerprint density at radius 3 is 2.50 bits per heavy atom. The van der Waals surface area contributed by atoms with Crippen molar-refractivity contribution < 1.29 is 19.0 Å². The van der Waals surface area contributed by atoms with Crippen molar-refractivity contribution in [1.82, 2.24) is 0 Å². The number of nitriles is 2. The maximum atomic E-state index is 11.0. The molecule has 0 saturated heterocycles. The van der Waals surface area contributed by atoms with Crippen LogP contribution in [0.4, 0.5) is 0 Å². The summed E-state index contributed by atoms with van der Waals surface area (Å²) in [5.74, 6) is 0.246. The number of carbonyl (C=O) groups excluding carboxylic acids is 1. The number of methoxy groups -OCH3 is 2. The van der Waals surface area contributed by atoms with Crippen molar-refractivity contribution in [3.05, 3.63) is 29.3 Å². The number of rotatable bonds is 5. The summed E-state index contributed by atoms with van der Waals surface area (Å²) in [4.78, 5) is 11.0. The standard InChI is InChI=1S/C14H12N2O4/c1-18-13-6-10(5-11(7-15)8-16)3-4-12(13)20-9-14(17)19-2/h3-6H,9H2,1-2H3. The molecule has 0 fully saturated rings. The van der Waals surface area contributed by atoms with Crippen molar-refractivity contribution in [2.24, 2.45) is 0 Å². The quantitative estimate of drug-likeness (QED) is 0.598. The van der Waals surface area contributed by atoms with Crippen LogP contribution in [-0.2, 0) is 9.53 Å². The van der Waals surface area contributed by atoms with Crippen molar-refractivity contribution in [2.45, 2.75) is 0 Å². The smallest absolute Gasteiger partial charge is 0.343 e. The average Bonchev–Trinajstić information content (AvgIpc) is 2.50. The summed E-state index contributed by atoms with van der Waals surface area (Å²) in [6.45, 7) is -0.232. The van der Waals surface area contributed by atoms with E-state index in [2.05, 4.69) is 4.74 Å². The topological polar surface area (TPSA) is 92.3 Å². The van der Waals surface area contributed by atoms with Crippen LogP contribution < -0.4 is 9.47 Å². The Morgan fingerprint density at radius 2 is 1.95 bits per heavy atom. The van der Waals surface area contributed by atoms with Crippen molar-refractivity contribution in [1.29, 1.82) is 10.5 Å². The van der Waals surface area contributed by atoms with Gasteiger partial charge in [0.15, 0.2) is 18.1 Å². The Kier molecular flexibility index (Phi) is 5.61. The van der Waals surface area contributed by atoms with E-state index < -0.39 is 5.97 Å². The molecule has 0 bridgehead atoms. The molecule has 1 aromatic carbocycles. The maximum Gasteiger partial charge on any atom is 0.343 e. The zero-order valence-electron chi connectivity index (χ0n) is 11.0. The molecule has 0 atom stereocenters. The van der Waals surface area contributed by atoms with Gasteiger partial charge in [-0.3, -0.25) is 0 Å². The summed E-state index contributed by atoms with van der Waals surface area (Å²) in [6.07, 6.45) is 1.42. The number of allylic oxidation sites excluding steroid dienone is 1. The normalized spacial score (nSPS) is 8.80. The van der Waals surface area contributed by atoms with Crippen LogP contribution in [0, 0.1) is 22.7 Å². The number of hydrogen-bond donors (Lipinski definition) is 0. The van der Waals surface area contributed by atoms with Crippen molar-refractivity contribution in [2.75, 3.05) is 20.8 Å². The van der Waals surface area contributed by atoms with Crippen LogP contribution in [0.25, 0.3) is 6.08 Å². The number of carbonyl (C=O) groups is 1. The molecule has 0 aliphatic carbocycles. The molecule has 20 heavy (non-hydrogen) atoms. The third-order valence-electron chi connectivity index (χ3n) is 2.31. The van der Waals surface area contributed by atoms with Gasteiger partial charge in [-0.25, -0.2) is 4.79 Å². The van der Waals surface area contributed by atoms with Gasteiger partial charge in [0, 0.05) is 0 Å². The zero-order valence-corrected chi connectivity index (χ0v) is 11.0. The minimum Gasteiger partial charge on any atom is -0.493 e. The molecule has 0 heterocycles. The molecule has 0 aliphatic rings. The summed E-state index contributed by atoms with van der Waals surface area (Å²) >= 11 is 0. The highest BCUT2D eigenvalue weighted by molar-refractivity contribution is 5.71. The molecule has 0 amide bonds. The second-order valence-corrected chi connectivity index (χ2v) is 3.56. The molecule has 0 spiro atoms. The van der Waals surface area contributed by atoms with Crippen LogP contribution in [0.1, 0.15) is 5.56 Å². The second-order valence-electron chi connectivity index (χ2n) is 3.56. The molecule has 0 aliphatic heterocycles. The lowest BCUT2D eigenvalue weighted by molar-refractivity contribution is -0.142. The van der Waals surface area contributed by atoms with Crippen LogP contribution in [0.2, 0.25) is 0 Å². The molecule has 102 valence electrons. The van der Waals surface area contributed by atoms with Crippen molar-refractivity contribution in [3.63, 3.8) is 0 Å². The number of nitrogens with zero attached hydrogens (tertiary/aromatic N) is 2. The Bertz CT molecular complexity index is 593. The fourth-order valence-corrected chi connectivity index (χ4v) is 1.35. The minimum atomic E-state index is -0.507. The van der Waals surface area contributed by atoms with Gasteiger partial charge in [0.05, 0.1) is 14.2 Å². The Morgan fingerprint density at radius 1 is 1.25 bits per heavy atom. The monoisotopic (exact) mass is 272 g/mol. The lowest BCUT2D eigenvalue weighted by Gasteiger charge is -2.10. The van der Waals surface area contributed by atoms with Gasteiger partial charge in [-0.05, 0) is 23.8 Å². The molecule has 0 radical (unpaired) electrons. The van der Waals surface area contributed by atoms with Crippen LogP contribution in [0.5, 0.6) is 11.5 Å². The van der Waals surface area contributed by atoms with Gasteiger partial charge in [0.1, 0.15) is 17.7 Å². The fraction of sp³-hybridized carbons (Fsp3) is 0.214. The summed E-state index contributed by atoms with van der Waals surface area (Å²) in [7, 11) is 2.71. The van der Waals surface area contributed by atoms with E-state index in [0.717, 1.165) is 0 Å². The first-order chi connectivity index (χ1) is 9.64. The van der Waals surface area contributed by atoms with Gasteiger partial charge in [0.2, 0.25) is 0 Å². The van der Waals surface area contributed by atoms with E-state index >= 15 is 0 Å². The molecular weight excluding hydrogens is 260 g/mol. The van der Waals surface area contributed by atoms with Crippen LogP contribution in [-0.4, -0.2) is 26.8 Å². The number of benzene rings is 1. The van der Waals surface area contributed by atoms with E-state index in [1.165, 1.54) is 20.3 Å². The summed E-state index contributed by atoms with van der Waals surface area (Å²) in [5.41, 5.74) is 0.598. The molecule has 6 nitrogen and oxygen atoms in total. The second kappa shape index (κ2) is 7.45. The highest BCUT2D eigenvalue weighted by Crippen LogP contribution is 2.28. The van der Waals surface area contributed by atoms with E-state index in [0.29, 0.717) is 17.1 Å². The highest BCUT2D eigenvalue weighted by atomic mass is 16.6. The van der Waals surface area contributed by atoms with Gasteiger partial charge in [0.25, 0.3) is 0 Å². The van der Waals surface area contributed by atoms with Crippen molar-refractivity contribution >= 4 is 12.0 Å². The molecule has 0 N–H and O–H groups in total. The van der Waals surface area contributed by atoms with Gasteiger partial charge < -0.3 is 14.2 Å². The lowest BCUT2D eigenvalue weighted by atomic mass is 10.1. The van der Waals surface area contributed by atoms with E-state index in [-0.39, 0.29) is 12.2 Å². The first kappa shape index (κ1) is 15.1. The van der Waals surface area contributed by atoms with Crippen molar-refractivity contribution in [3.8, 4) is 23.6 Å². The lowest BCUT2D eigenvalue weighted by Crippen LogP contribution is -2.12. The first-order valence-corrected chi connectivity index (χ1v) is 5.54. The van der Waals surface area contributed by atoms with E-state index in [1.807, 2.05) is 0 Å². The minimum absolute atomic E-state index is 0.0183. The molecule has 1 rings (SSSR count). The highest BCUT2D eigenvalue weighted by Gasteiger charge is 2.08. The van der Waals surface area contributed by atoms with Crippen LogP contribution in [0.3, 0.4) is 0 Å². The average molecular weight is 272 g/mol. The third-order valence-corrected chi connectivity index (χ3v) is 2.31. The predicted molar refractivity (Wildman–Crippen MR) is 69.7 cm³/mol. The SMILES string of the molecule is COC(=O)COc1ccc(C=C(C#N)C#N)cc1OC. The van der Waals surface area contributed by atoms with E-state index in [4.69, 9.17) is 20.0 Å². The van der Waals surface area contributed by atoms with E-state index in [1.54, 1.807) is 30.3 Å². The van der Waals surface area contributed by atoms with Gasteiger partial charge in [-0.15, -0.1) is 0 Å². The number of esters is 1. The molecule has 1 aromatic rings. The molecule has 0 aromatic heterocycles. The Balaban J connectivity index is 2.97. The summed E-state index contributed by atoms with van der Waals surface area (Å²) in [5, 5.41) is 17.4. The Hall–Kier alpha value is -2.99. The fourth-order valence-electron chi connectivity index (χ4n) is 1.35. The third kappa shape index (κ3) is 4.04. The molecule has 0 unspecified atom stereocenters. The summed E-state index contributed by atoms with van der Waals surface area (Å²) < 4.78 is 14.8.